The molecule has 0 saturated carbocycles. The molecular weight excluding hydrogens is 607 g/mol. The lowest BCUT2D eigenvalue weighted by molar-refractivity contribution is 0.660. The third-order valence-corrected chi connectivity index (χ3v) is 11.5. The molecule has 0 atom stereocenters. The molecule has 0 spiro atoms. The zero-order valence-corrected chi connectivity index (χ0v) is 28.8. The lowest BCUT2D eigenvalue weighted by atomic mass is 9.82. The van der Waals surface area contributed by atoms with E-state index < -0.39 is 0 Å². The summed E-state index contributed by atoms with van der Waals surface area (Å²) in [5.41, 5.74) is 18.0. The second kappa shape index (κ2) is 10.3. The van der Waals surface area contributed by atoms with Gasteiger partial charge < -0.3 is 9.32 Å². The second-order valence-electron chi connectivity index (χ2n) is 14.9. The number of hydrogen-bond acceptors (Lipinski definition) is 2. The van der Waals surface area contributed by atoms with Gasteiger partial charge in [-0.3, -0.25) is 0 Å². The van der Waals surface area contributed by atoms with Crippen molar-refractivity contribution in [3.8, 4) is 33.4 Å². The Labute approximate surface area is 293 Å². The van der Waals surface area contributed by atoms with Gasteiger partial charge in [0.15, 0.2) is 0 Å². The molecule has 2 aliphatic carbocycles. The summed E-state index contributed by atoms with van der Waals surface area (Å²) >= 11 is 0. The van der Waals surface area contributed by atoms with E-state index in [-0.39, 0.29) is 10.8 Å². The second-order valence-corrected chi connectivity index (χ2v) is 14.9. The molecular formula is C48H37NO. The fraction of sp³-hybridized carbons (Fsp3) is 0.125. The minimum atomic E-state index is -0.117. The number of nitrogens with zero attached hydrogens (tertiary/aromatic N) is 1. The Hall–Kier alpha value is -5.86. The summed E-state index contributed by atoms with van der Waals surface area (Å²) in [5.74, 6) is 0. The SMILES string of the molecule is CC1(C)c2ccccc2-c2ccc(N(c3ccc4c(c3)C(C)(C)c3ccccc3-4)c3cccc4oc5c(-c6ccccc6)cccc5c34)cc21. The fourth-order valence-electron chi connectivity index (χ4n) is 8.95. The molecule has 1 aromatic heterocycles. The largest absolute Gasteiger partial charge is 0.455 e. The van der Waals surface area contributed by atoms with Crippen LogP contribution in [0.2, 0.25) is 0 Å². The Morgan fingerprint density at radius 1 is 0.440 bits per heavy atom. The van der Waals surface area contributed by atoms with Crippen LogP contribution in [0.5, 0.6) is 0 Å². The summed E-state index contributed by atoms with van der Waals surface area (Å²) in [7, 11) is 0. The molecule has 7 aromatic carbocycles. The Morgan fingerprint density at radius 2 is 0.960 bits per heavy atom. The van der Waals surface area contributed by atoms with Crippen LogP contribution in [-0.4, -0.2) is 0 Å². The number of furan rings is 1. The van der Waals surface area contributed by atoms with Crippen LogP contribution in [0, 0.1) is 0 Å². The predicted molar refractivity (Wildman–Crippen MR) is 209 cm³/mol. The summed E-state index contributed by atoms with van der Waals surface area (Å²) in [6, 6.07) is 55.5. The smallest absolute Gasteiger partial charge is 0.143 e. The van der Waals surface area contributed by atoms with Crippen molar-refractivity contribution in [1.29, 1.82) is 0 Å². The first-order valence-corrected chi connectivity index (χ1v) is 17.6. The van der Waals surface area contributed by atoms with E-state index in [2.05, 4.69) is 184 Å². The Balaban J connectivity index is 1.24. The lowest BCUT2D eigenvalue weighted by Crippen LogP contribution is -2.18. The van der Waals surface area contributed by atoms with Crippen molar-refractivity contribution in [3.05, 3.63) is 174 Å². The van der Waals surface area contributed by atoms with E-state index in [9.17, 15) is 0 Å². The van der Waals surface area contributed by atoms with Crippen molar-refractivity contribution >= 4 is 39.0 Å². The lowest BCUT2D eigenvalue weighted by Gasteiger charge is -2.30. The average Bonchev–Trinajstić information content (AvgIpc) is 3.72. The fourth-order valence-corrected chi connectivity index (χ4v) is 8.95. The Morgan fingerprint density at radius 3 is 1.58 bits per heavy atom. The third kappa shape index (κ3) is 3.96. The first-order valence-electron chi connectivity index (χ1n) is 17.6. The van der Waals surface area contributed by atoms with E-state index in [1.54, 1.807) is 0 Å². The van der Waals surface area contributed by atoms with Crippen molar-refractivity contribution in [2.75, 3.05) is 4.90 Å². The van der Waals surface area contributed by atoms with Gasteiger partial charge in [0.25, 0.3) is 0 Å². The van der Waals surface area contributed by atoms with E-state index in [0.29, 0.717) is 0 Å². The molecule has 0 aliphatic heterocycles. The zero-order chi connectivity index (χ0) is 33.8. The highest BCUT2D eigenvalue weighted by atomic mass is 16.3. The predicted octanol–water partition coefficient (Wildman–Crippen LogP) is 13.3. The van der Waals surface area contributed by atoms with Crippen molar-refractivity contribution < 1.29 is 4.42 Å². The molecule has 2 aliphatic rings. The molecule has 0 N–H and O–H groups in total. The van der Waals surface area contributed by atoms with E-state index in [1.807, 2.05) is 0 Å². The summed E-state index contributed by atoms with van der Waals surface area (Å²) in [6.07, 6.45) is 0. The Bertz CT molecular complexity index is 2550. The van der Waals surface area contributed by atoms with Crippen LogP contribution in [0.25, 0.3) is 55.3 Å². The van der Waals surface area contributed by atoms with Gasteiger partial charge >= 0.3 is 0 Å². The molecule has 1 heterocycles. The zero-order valence-electron chi connectivity index (χ0n) is 28.8. The van der Waals surface area contributed by atoms with Gasteiger partial charge in [0.05, 0.1) is 11.1 Å². The Kier molecular flexibility index (Phi) is 6.01. The van der Waals surface area contributed by atoms with Crippen molar-refractivity contribution in [3.63, 3.8) is 0 Å². The molecule has 0 bridgehead atoms. The highest BCUT2D eigenvalue weighted by Crippen LogP contribution is 2.54. The summed E-state index contributed by atoms with van der Waals surface area (Å²) in [4.78, 5) is 2.46. The van der Waals surface area contributed by atoms with E-state index in [1.165, 1.54) is 44.5 Å². The van der Waals surface area contributed by atoms with Crippen LogP contribution in [0.4, 0.5) is 17.1 Å². The van der Waals surface area contributed by atoms with E-state index in [4.69, 9.17) is 4.42 Å². The van der Waals surface area contributed by atoms with E-state index in [0.717, 1.165) is 50.1 Å². The van der Waals surface area contributed by atoms with Gasteiger partial charge in [-0.1, -0.05) is 143 Å². The number of hydrogen-bond donors (Lipinski definition) is 0. The first-order chi connectivity index (χ1) is 24.3. The van der Waals surface area contributed by atoms with Crippen molar-refractivity contribution in [1.82, 2.24) is 0 Å². The minimum absolute atomic E-state index is 0.117. The molecule has 2 nitrogen and oxygen atoms in total. The molecule has 0 amide bonds. The molecule has 2 heteroatoms. The quantitative estimate of drug-likeness (QED) is 0.190. The average molecular weight is 644 g/mol. The maximum Gasteiger partial charge on any atom is 0.143 e. The van der Waals surface area contributed by atoms with Gasteiger partial charge in [-0.2, -0.15) is 0 Å². The molecule has 8 aromatic rings. The molecule has 0 fully saturated rings. The first kappa shape index (κ1) is 29.1. The summed E-state index contributed by atoms with van der Waals surface area (Å²) in [6.45, 7) is 9.43. The van der Waals surface area contributed by atoms with Crippen LogP contribution in [0.1, 0.15) is 49.9 Å². The third-order valence-electron chi connectivity index (χ3n) is 11.5. The molecule has 0 radical (unpaired) electrons. The number of rotatable bonds is 4. The highest BCUT2D eigenvalue weighted by Gasteiger charge is 2.38. The monoisotopic (exact) mass is 643 g/mol. The van der Waals surface area contributed by atoms with Gasteiger partial charge in [0.1, 0.15) is 11.2 Å². The minimum Gasteiger partial charge on any atom is -0.455 e. The topological polar surface area (TPSA) is 16.4 Å². The van der Waals surface area contributed by atoms with E-state index >= 15 is 0 Å². The van der Waals surface area contributed by atoms with Crippen molar-refractivity contribution in [2.45, 2.75) is 38.5 Å². The maximum atomic E-state index is 6.77. The van der Waals surface area contributed by atoms with Crippen molar-refractivity contribution in [2.24, 2.45) is 0 Å². The molecule has 50 heavy (non-hydrogen) atoms. The summed E-state index contributed by atoms with van der Waals surface area (Å²) in [5, 5.41) is 2.23. The van der Waals surface area contributed by atoms with Crippen LogP contribution >= 0.6 is 0 Å². The number of anilines is 3. The van der Waals surface area contributed by atoms with Gasteiger partial charge in [-0.05, 0) is 86.5 Å². The summed E-state index contributed by atoms with van der Waals surface area (Å²) < 4.78 is 6.77. The molecule has 240 valence electrons. The van der Waals surface area contributed by atoms with Gasteiger partial charge in [-0.15, -0.1) is 0 Å². The maximum absolute atomic E-state index is 6.77. The van der Waals surface area contributed by atoms with Crippen LogP contribution in [0.15, 0.2) is 156 Å². The standard InChI is InChI=1S/C48H37NO/c1-47(2)39-20-10-8-16-34(39)36-26-24-31(28-41(36)47)49(32-25-27-37-35-17-9-11-21-40(35)48(3,4)42(37)29-32)43-22-13-23-44-45(43)38-19-12-18-33(46(38)50-44)30-14-6-5-7-15-30/h5-29H,1-4H3. The van der Waals surface area contributed by atoms with Gasteiger partial charge in [-0.25, -0.2) is 0 Å². The number of fused-ring (bicyclic) bond motifs is 9. The number of para-hydroxylation sites is 1. The van der Waals surface area contributed by atoms with Gasteiger partial charge in [0.2, 0.25) is 0 Å². The van der Waals surface area contributed by atoms with Gasteiger partial charge in [0, 0.05) is 33.2 Å². The normalized spacial score (nSPS) is 14.7. The van der Waals surface area contributed by atoms with Crippen LogP contribution in [-0.2, 0) is 10.8 Å². The highest BCUT2D eigenvalue weighted by molar-refractivity contribution is 6.16. The van der Waals surface area contributed by atoms with Crippen LogP contribution < -0.4 is 4.90 Å². The van der Waals surface area contributed by atoms with Crippen LogP contribution in [0.3, 0.4) is 0 Å². The molecule has 10 rings (SSSR count). The molecule has 0 saturated heterocycles. The molecule has 0 unspecified atom stereocenters. The number of benzene rings is 7.